The van der Waals surface area contributed by atoms with Crippen molar-refractivity contribution < 1.29 is 32.7 Å². The van der Waals surface area contributed by atoms with Crippen LogP contribution in [0.15, 0.2) is 0 Å². The summed E-state index contributed by atoms with van der Waals surface area (Å²) in [5.74, 6) is 0. The Bertz CT molecular complexity index is 121. The van der Waals surface area contributed by atoms with Gasteiger partial charge >= 0.3 is 0 Å². The normalized spacial score (nSPS) is 14.0. The van der Waals surface area contributed by atoms with E-state index in [-0.39, 0.29) is 59.3 Å². The number of rotatable bonds is 4. The van der Waals surface area contributed by atoms with E-state index >= 15 is 0 Å². The molecule has 0 aromatic heterocycles. The van der Waals surface area contributed by atoms with E-state index < -0.39 is 0 Å². The van der Waals surface area contributed by atoms with Crippen LogP contribution >= 0.6 is 0 Å². The number of hydrogen-bond acceptors (Lipinski definition) is 0. The Hall–Kier alpha value is 1.02. The molecule has 0 bridgehead atoms. The maximum absolute atomic E-state index is 4.53. The average Bonchev–Trinajstić information content (AvgIpc) is 1.82. The summed E-state index contributed by atoms with van der Waals surface area (Å²) < 4.78 is 0. The molecule has 0 heterocycles. The minimum absolute atomic E-state index is 0. The molecule has 2 atom stereocenters. The van der Waals surface area contributed by atoms with Crippen LogP contribution in [-0.2, 0) is 32.7 Å². The summed E-state index contributed by atoms with van der Waals surface area (Å²) in [6.45, 7) is 12.7. The van der Waals surface area contributed by atoms with Crippen LogP contribution in [0.1, 0.15) is 48.0 Å². The van der Waals surface area contributed by atoms with E-state index in [9.17, 15) is 0 Å². The summed E-state index contributed by atoms with van der Waals surface area (Å²) in [4.78, 5) is 0. The van der Waals surface area contributed by atoms with Gasteiger partial charge in [0.1, 0.15) is 0 Å². The molecule has 1 radical (unpaired) electrons. The predicted octanol–water partition coefficient (Wildman–Crippen LogP) is 4.57. The van der Waals surface area contributed by atoms with Crippen molar-refractivity contribution in [1.82, 2.24) is 0 Å². The molecule has 0 aromatic rings. The fourth-order valence-corrected chi connectivity index (χ4v) is 1.07. The summed E-state index contributed by atoms with van der Waals surface area (Å²) in [6, 6.07) is 0.436. The van der Waals surface area contributed by atoms with Crippen LogP contribution < -0.4 is 0 Å². The second-order valence-corrected chi connectivity index (χ2v) is 4.34. The minimum Gasteiger partial charge on any atom is -0.676 e. The molecule has 2 nitrogen and oxygen atoms in total. The standard InChI is InChI=1S/C10H22N2.2CH3.Y/c1-7-8(2)11-9(3)12-10(4,5)6;;;/h8-9H,7H2,1-6H3;2*1H3;/q-2;2*-1;. The van der Waals surface area contributed by atoms with Crippen molar-refractivity contribution in [3.63, 3.8) is 0 Å². The van der Waals surface area contributed by atoms with Gasteiger partial charge < -0.3 is 25.5 Å². The van der Waals surface area contributed by atoms with Gasteiger partial charge in [0.2, 0.25) is 0 Å². The topological polar surface area (TPSA) is 28.2 Å². The summed E-state index contributed by atoms with van der Waals surface area (Å²) in [6.07, 6.45) is 1.24. The Morgan fingerprint density at radius 3 is 1.73 bits per heavy atom. The van der Waals surface area contributed by atoms with Crippen molar-refractivity contribution in [1.29, 1.82) is 0 Å². The zero-order valence-corrected chi connectivity index (χ0v) is 14.7. The minimum atomic E-state index is 0. The molecule has 0 saturated carbocycles. The van der Waals surface area contributed by atoms with Crippen LogP contribution in [0.2, 0.25) is 0 Å². The number of hydrogen-bond donors (Lipinski definition) is 0. The molecule has 0 N–H and O–H groups in total. The second kappa shape index (κ2) is 11.5. The Morgan fingerprint density at radius 1 is 1.07 bits per heavy atom. The first kappa shape index (κ1) is 25.0. The summed E-state index contributed by atoms with van der Waals surface area (Å²) in [5.41, 5.74) is 0.0381. The van der Waals surface area contributed by atoms with Crippen molar-refractivity contribution in [2.45, 2.75) is 65.7 Å². The van der Waals surface area contributed by atoms with Gasteiger partial charge in [0.25, 0.3) is 0 Å². The van der Waals surface area contributed by atoms with E-state index in [1.807, 2.05) is 0 Å². The summed E-state index contributed by atoms with van der Waals surface area (Å²) in [5, 5.41) is 9.04. The van der Waals surface area contributed by atoms with Gasteiger partial charge in [-0.1, -0.05) is 41.0 Å². The first-order valence-corrected chi connectivity index (χ1v) is 4.77. The van der Waals surface area contributed by atoms with E-state index in [1.165, 1.54) is 0 Å². The van der Waals surface area contributed by atoms with Gasteiger partial charge in [-0.2, -0.15) is 0 Å². The van der Waals surface area contributed by atoms with E-state index in [0.29, 0.717) is 6.04 Å². The molecular weight excluding hydrogens is 261 g/mol. The van der Waals surface area contributed by atoms with E-state index in [1.54, 1.807) is 0 Å². The van der Waals surface area contributed by atoms with E-state index in [4.69, 9.17) is 0 Å². The van der Waals surface area contributed by atoms with Gasteiger partial charge in [-0.3, -0.25) is 0 Å². The largest absolute Gasteiger partial charge is 0.676 e. The van der Waals surface area contributed by atoms with Crippen molar-refractivity contribution >= 4 is 0 Å². The molecule has 3 heteroatoms. The zero-order chi connectivity index (χ0) is 9.78. The molecule has 0 aliphatic heterocycles. The van der Waals surface area contributed by atoms with Crippen molar-refractivity contribution in [3.05, 3.63) is 25.5 Å². The van der Waals surface area contributed by atoms with Gasteiger partial charge in [-0.25, -0.2) is 6.17 Å². The molecule has 93 valence electrons. The Labute approximate surface area is 123 Å². The molecular formula is C12H28N2Y-4. The molecule has 15 heavy (non-hydrogen) atoms. The number of nitrogens with zero attached hydrogens (tertiary/aromatic N) is 2. The van der Waals surface area contributed by atoms with Crippen LogP contribution in [0, 0.1) is 14.9 Å². The van der Waals surface area contributed by atoms with Crippen molar-refractivity contribution in [3.8, 4) is 0 Å². The van der Waals surface area contributed by atoms with E-state index in [0.717, 1.165) is 6.42 Å². The Morgan fingerprint density at radius 2 is 1.47 bits per heavy atom. The Balaban J connectivity index is -0.000000202. The first-order chi connectivity index (χ1) is 5.35. The molecule has 0 aliphatic carbocycles. The van der Waals surface area contributed by atoms with Crippen LogP contribution in [-0.4, -0.2) is 17.7 Å². The van der Waals surface area contributed by atoms with Crippen molar-refractivity contribution in [2.75, 3.05) is 0 Å². The third-order valence-corrected chi connectivity index (χ3v) is 1.64. The third-order valence-electron chi connectivity index (χ3n) is 1.64. The molecule has 0 aromatic carbocycles. The summed E-state index contributed by atoms with van der Waals surface area (Å²) >= 11 is 0. The van der Waals surface area contributed by atoms with Crippen LogP contribution in [0.4, 0.5) is 0 Å². The average molecular weight is 289 g/mol. The quantitative estimate of drug-likeness (QED) is 0.678. The van der Waals surface area contributed by atoms with Gasteiger partial charge in [-0.05, 0) is 0 Å². The first-order valence-electron chi connectivity index (χ1n) is 4.77. The molecule has 2 unspecified atom stereocenters. The van der Waals surface area contributed by atoms with Crippen LogP contribution in [0.5, 0.6) is 0 Å². The van der Waals surface area contributed by atoms with Crippen LogP contribution in [0.3, 0.4) is 0 Å². The van der Waals surface area contributed by atoms with Crippen LogP contribution in [0.25, 0.3) is 10.6 Å². The van der Waals surface area contributed by atoms with Gasteiger partial charge in [0.15, 0.2) is 0 Å². The second-order valence-electron chi connectivity index (χ2n) is 4.34. The maximum atomic E-state index is 4.53. The monoisotopic (exact) mass is 289 g/mol. The fraction of sp³-hybridized carbons (Fsp3) is 0.833. The predicted molar refractivity (Wildman–Crippen MR) is 68.5 cm³/mol. The molecule has 0 rings (SSSR count). The Kier molecular flexibility index (Phi) is 19.2. The molecule has 0 amide bonds. The summed E-state index contributed by atoms with van der Waals surface area (Å²) in [7, 11) is 0. The molecule has 0 aliphatic rings. The molecule has 0 saturated heterocycles. The van der Waals surface area contributed by atoms with E-state index in [2.05, 4.69) is 52.2 Å². The van der Waals surface area contributed by atoms with Gasteiger partial charge in [0.05, 0.1) is 0 Å². The third kappa shape index (κ3) is 17.6. The zero-order valence-electron chi connectivity index (χ0n) is 11.8. The molecule has 0 fully saturated rings. The van der Waals surface area contributed by atoms with Gasteiger partial charge in [-0.15, -0.1) is 18.5 Å². The van der Waals surface area contributed by atoms with Crippen molar-refractivity contribution in [2.24, 2.45) is 0 Å². The molecule has 0 spiro atoms. The van der Waals surface area contributed by atoms with Gasteiger partial charge in [0, 0.05) is 32.7 Å². The maximum Gasteiger partial charge on any atom is 0 e. The SMILES string of the molecule is CCC(C)[N-]C(C)[N-]C(C)(C)C.[CH3-].[CH3-].[Y]. The smallest absolute Gasteiger partial charge is 0 e. The fourth-order valence-electron chi connectivity index (χ4n) is 1.07.